The molecular formula is C26H26N4O. The Balaban J connectivity index is 1.56. The lowest BCUT2D eigenvalue weighted by molar-refractivity contribution is 0.0782. The van der Waals surface area contributed by atoms with Crippen LogP contribution in [-0.4, -0.2) is 32.8 Å². The first-order chi connectivity index (χ1) is 15.0. The molecule has 0 aliphatic heterocycles. The number of amides is 1. The Morgan fingerprint density at radius 1 is 0.935 bits per heavy atom. The van der Waals surface area contributed by atoms with Crippen molar-refractivity contribution in [3.8, 4) is 0 Å². The summed E-state index contributed by atoms with van der Waals surface area (Å²) in [5.41, 5.74) is 6.89. The molecule has 0 bridgehead atoms. The van der Waals surface area contributed by atoms with Crippen molar-refractivity contribution in [3.63, 3.8) is 0 Å². The normalized spacial score (nSPS) is 13.4. The van der Waals surface area contributed by atoms with Crippen molar-refractivity contribution in [3.05, 3.63) is 76.4 Å². The van der Waals surface area contributed by atoms with Crippen LogP contribution in [0.2, 0.25) is 0 Å². The molecule has 1 aliphatic rings. The van der Waals surface area contributed by atoms with E-state index in [1.807, 2.05) is 44.3 Å². The Morgan fingerprint density at radius 3 is 2.58 bits per heavy atom. The van der Waals surface area contributed by atoms with Gasteiger partial charge in [-0.15, -0.1) is 0 Å². The molecule has 5 rings (SSSR count). The van der Waals surface area contributed by atoms with Crippen molar-refractivity contribution >= 4 is 27.7 Å². The highest BCUT2D eigenvalue weighted by Gasteiger charge is 2.25. The standard InChI is InChI=1S/C26H26N4O/c1-16-12-13-23-20(14-16)25(19-9-5-7-11-22(19)28-23)26(31)30(3)15-24-27-17(2)18-8-4-6-10-21(18)29-24/h4,6,8,10,12-14H,5,7,9,11,15H2,1-3H3. The monoisotopic (exact) mass is 410 g/mol. The van der Waals surface area contributed by atoms with Crippen LogP contribution in [0.1, 0.15) is 51.5 Å². The summed E-state index contributed by atoms with van der Waals surface area (Å²) < 4.78 is 0. The number of rotatable bonds is 3. The summed E-state index contributed by atoms with van der Waals surface area (Å²) in [4.78, 5) is 29.7. The molecule has 4 aromatic rings. The summed E-state index contributed by atoms with van der Waals surface area (Å²) in [6, 6.07) is 14.2. The summed E-state index contributed by atoms with van der Waals surface area (Å²) in [5.74, 6) is 0.682. The predicted octanol–water partition coefficient (Wildman–Crippen LogP) is 4.95. The summed E-state index contributed by atoms with van der Waals surface area (Å²) in [5, 5.41) is 2.00. The molecule has 0 fully saturated rings. The minimum absolute atomic E-state index is 0.0190. The molecular weight excluding hydrogens is 384 g/mol. The fourth-order valence-corrected chi connectivity index (χ4v) is 4.62. The van der Waals surface area contributed by atoms with Crippen LogP contribution in [0.5, 0.6) is 0 Å². The molecule has 5 heteroatoms. The number of pyridine rings is 1. The summed E-state index contributed by atoms with van der Waals surface area (Å²) in [6.07, 6.45) is 4.08. The van der Waals surface area contributed by atoms with E-state index in [1.165, 1.54) is 0 Å². The number of para-hydroxylation sites is 1. The number of fused-ring (bicyclic) bond motifs is 3. The van der Waals surface area contributed by atoms with Crippen LogP contribution in [0.15, 0.2) is 42.5 Å². The number of benzene rings is 2. The van der Waals surface area contributed by atoms with Crippen LogP contribution in [-0.2, 0) is 19.4 Å². The first-order valence-corrected chi connectivity index (χ1v) is 10.9. The zero-order chi connectivity index (χ0) is 21.5. The van der Waals surface area contributed by atoms with E-state index < -0.39 is 0 Å². The third kappa shape index (κ3) is 3.54. The SMILES string of the molecule is Cc1ccc2nc3c(c(C(=O)N(C)Cc4nc(C)c5ccccc5n4)c2c1)CCCC3. The second-order valence-corrected chi connectivity index (χ2v) is 8.54. The van der Waals surface area contributed by atoms with Gasteiger partial charge in [0.05, 0.1) is 23.1 Å². The number of aryl methyl sites for hydroxylation is 3. The quantitative estimate of drug-likeness (QED) is 0.480. The van der Waals surface area contributed by atoms with Crippen molar-refractivity contribution in [2.45, 2.75) is 46.1 Å². The van der Waals surface area contributed by atoms with Crippen molar-refractivity contribution in [1.29, 1.82) is 0 Å². The number of nitrogens with zero attached hydrogens (tertiary/aromatic N) is 4. The highest BCUT2D eigenvalue weighted by molar-refractivity contribution is 6.07. The van der Waals surface area contributed by atoms with Crippen LogP contribution >= 0.6 is 0 Å². The molecule has 2 aromatic heterocycles. The molecule has 0 radical (unpaired) electrons. The molecule has 0 atom stereocenters. The Morgan fingerprint density at radius 2 is 1.71 bits per heavy atom. The van der Waals surface area contributed by atoms with Gasteiger partial charge in [0.2, 0.25) is 0 Å². The minimum Gasteiger partial charge on any atom is -0.334 e. The van der Waals surface area contributed by atoms with E-state index in [0.717, 1.165) is 75.6 Å². The van der Waals surface area contributed by atoms with Crippen LogP contribution in [0.25, 0.3) is 21.8 Å². The fraction of sp³-hybridized carbons (Fsp3) is 0.308. The number of hydrogen-bond donors (Lipinski definition) is 0. The number of hydrogen-bond acceptors (Lipinski definition) is 4. The van der Waals surface area contributed by atoms with Crippen LogP contribution < -0.4 is 0 Å². The van der Waals surface area contributed by atoms with Crippen molar-refractivity contribution in [2.24, 2.45) is 0 Å². The van der Waals surface area contributed by atoms with Gasteiger partial charge in [0.1, 0.15) is 5.82 Å². The molecule has 0 unspecified atom stereocenters. The third-order valence-electron chi connectivity index (χ3n) is 6.20. The van der Waals surface area contributed by atoms with E-state index in [-0.39, 0.29) is 5.91 Å². The lowest BCUT2D eigenvalue weighted by atomic mass is 9.89. The van der Waals surface area contributed by atoms with Gasteiger partial charge in [-0.2, -0.15) is 0 Å². The second-order valence-electron chi connectivity index (χ2n) is 8.54. The molecule has 1 amide bonds. The van der Waals surface area contributed by atoms with E-state index in [1.54, 1.807) is 4.90 Å². The lowest BCUT2D eigenvalue weighted by Crippen LogP contribution is -2.29. The molecule has 0 saturated carbocycles. The Hall–Kier alpha value is -3.34. The van der Waals surface area contributed by atoms with Crippen LogP contribution in [0.3, 0.4) is 0 Å². The molecule has 0 saturated heterocycles. The van der Waals surface area contributed by atoms with E-state index in [9.17, 15) is 4.79 Å². The fourth-order valence-electron chi connectivity index (χ4n) is 4.62. The second kappa shape index (κ2) is 7.73. The predicted molar refractivity (Wildman–Crippen MR) is 123 cm³/mol. The molecule has 156 valence electrons. The maximum absolute atomic E-state index is 13.7. The molecule has 0 N–H and O–H groups in total. The molecule has 31 heavy (non-hydrogen) atoms. The van der Waals surface area contributed by atoms with Gasteiger partial charge >= 0.3 is 0 Å². The van der Waals surface area contributed by atoms with E-state index >= 15 is 0 Å². The zero-order valence-electron chi connectivity index (χ0n) is 18.3. The lowest BCUT2D eigenvalue weighted by Gasteiger charge is -2.24. The van der Waals surface area contributed by atoms with Gasteiger partial charge in [-0.1, -0.05) is 29.8 Å². The van der Waals surface area contributed by atoms with Gasteiger partial charge < -0.3 is 4.90 Å². The van der Waals surface area contributed by atoms with Crippen molar-refractivity contribution < 1.29 is 4.79 Å². The molecule has 5 nitrogen and oxygen atoms in total. The number of aromatic nitrogens is 3. The van der Waals surface area contributed by atoms with Gasteiger partial charge in [0.15, 0.2) is 0 Å². The first kappa shape index (κ1) is 19.6. The van der Waals surface area contributed by atoms with Gasteiger partial charge in [0.25, 0.3) is 5.91 Å². The maximum atomic E-state index is 13.7. The molecule has 2 aromatic carbocycles. The summed E-state index contributed by atoms with van der Waals surface area (Å²) in [7, 11) is 1.84. The molecule has 0 spiro atoms. The van der Waals surface area contributed by atoms with Gasteiger partial charge in [0, 0.05) is 29.2 Å². The summed E-state index contributed by atoms with van der Waals surface area (Å²) >= 11 is 0. The Bertz CT molecular complexity index is 1330. The van der Waals surface area contributed by atoms with Gasteiger partial charge in [-0.3, -0.25) is 9.78 Å². The average molecular weight is 411 g/mol. The largest absolute Gasteiger partial charge is 0.334 e. The Labute approximate surface area is 182 Å². The molecule has 2 heterocycles. The average Bonchev–Trinajstić information content (AvgIpc) is 2.77. The van der Waals surface area contributed by atoms with Gasteiger partial charge in [-0.25, -0.2) is 9.97 Å². The zero-order valence-corrected chi connectivity index (χ0v) is 18.3. The van der Waals surface area contributed by atoms with Crippen molar-refractivity contribution in [2.75, 3.05) is 7.05 Å². The summed E-state index contributed by atoms with van der Waals surface area (Å²) in [6.45, 7) is 4.42. The van der Waals surface area contributed by atoms with Crippen LogP contribution in [0.4, 0.5) is 0 Å². The van der Waals surface area contributed by atoms with Gasteiger partial charge in [-0.05, 0) is 63.3 Å². The van der Waals surface area contributed by atoms with E-state index in [0.29, 0.717) is 12.4 Å². The minimum atomic E-state index is 0.0190. The van der Waals surface area contributed by atoms with E-state index in [2.05, 4.69) is 24.0 Å². The van der Waals surface area contributed by atoms with Crippen LogP contribution in [0, 0.1) is 13.8 Å². The highest BCUT2D eigenvalue weighted by Crippen LogP contribution is 2.31. The van der Waals surface area contributed by atoms with Crippen molar-refractivity contribution in [1.82, 2.24) is 19.9 Å². The number of carbonyl (C=O) groups excluding carboxylic acids is 1. The topological polar surface area (TPSA) is 59.0 Å². The Kier molecular flexibility index (Phi) is 4.89. The third-order valence-corrected chi connectivity index (χ3v) is 6.20. The maximum Gasteiger partial charge on any atom is 0.255 e. The molecule has 1 aliphatic carbocycles. The smallest absolute Gasteiger partial charge is 0.255 e. The first-order valence-electron chi connectivity index (χ1n) is 10.9. The highest BCUT2D eigenvalue weighted by atomic mass is 16.2. The van der Waals surface area contributed by atoms with E-state index in [4.69, 9.17) is 9.97 Å². The number of carbonyl (C=O) groups is 1.